The Morgan fingerprint density at radius 2 is 1.95 bits per heavy atom. The van der Waals surface area contributed by atoms with E-state index in [1.165, 1.54) is 0 Å². The maximum Gasteiger partial charge on any atom is 0.303 e. The Hall–Kier alpha value is -2.30. The fourth-order valence-corrected chi connectivity index (χ4v) is 2.46. The predicted octanol–water partition coefficient (Wildman–Crippen LogP) is 3.42. The molecule has 22 heavy (non-hydrogen) atoms. The zero-order chi connectivity index (χ0) is 16.1. The van der Waals surface area contributed by atoms with Crippen LogP contribution in [0.2, 0.25) is 0 Å². The van der Waals surface area contributed by atoms with Gasteiger partial charge in [-0.2, -0.15) is 0 Å². The van der Waals surface area contributed by atoms with Crippen molar-refractivity contribution in [1.29, 1.82) is 0 Å². The van der Waals surface area contributed by atoms with Crippen LogP contribution in [-0.4, -0.2) is 23.5 Å². The maximum atomic E-state index is 12.2. The lowest BCUT2D eigenvalue weighted by molar-refractivity contribution is -0.137. The minimum atomic E-state index is -0.780. The molecule has 0 saturated heterocycles. The van der Waals surface area contributed by atoms with Crippen LogP contribution in [0.25, 0.3) is 11.0 Å². The van der Waals surface area contributed by atoms with Crippen LogP contribution in [0.3, 0.4) is 0 Å². The van der Waals surface area contributed by atoms with Gasteiger partial charge in [0.05, 0.1) is 0 Å². The van der Waals surface area contributed by atoms with Gasteiger partial charge in [0.1, 0.15) is 5.58 Å². The minimum Gasteiger partial charge on any atom is -0.481 e. The van der Waals surface area contributed by atoms with E-state index in [0.29, 0.717) is 18.7 Å². The molecule has 0 fully saturated rings. The molecular weight excluding hydrogens is 282 g/mol. The van der Waals surface area contributed by atoms with Crippen LogP contribution in [0.4, 0.5) is 0 Å². The molecule has 2 rings (SSSR count). The lowest BCUT2D eigenvalue weighted by Gasteiger charge is -2.03. The smallest absolute Gasteiger partial charge is 0.303 e. The maximum absolute atomic E-state index is 12.2. The van der Waals surface area contributed by atoms with E-state index in [2.05, 4.69) is 5.32 Å². The number of furan rings is 1. The third-order valence-electron chi connectivity index (χ3n) is 3.72. The summed E-state index contributed by atoms with van der Waals surface area (Å²) in [5.41, 5.74) is 2.61. The molecule has 0 aliphatic carbocycles. The van der Waals surface area contributed by atoms with Crippen LogP contribution in [0.1, 0.15) is 47.4 Å². The van der Waals surface area contributed by atoms with Crippen LogP contribution in [-0.2, 0) is 4.79 Å². The van der Waals surface area contributed by atoms with Crippen LogP contribution in [0, 0.1) is 13.8 Å². The van der Waals surface area contributed by atoms with Crippen LogP contribution < -0.4 is 5.32 Å². The number of carboxylic acids is 1. The third-order valence-corrected chi connectivity index (χ3v) is 3.72. The highest BCUT2D eigenvalue weighted by Gasteiger charge is 2.17. The summed E-state index contributed by atoms with van der Waals surface area (Å²) >= 11 is 0. The standard InChI is InChI=1S/C17H21NO4/c1-11-7-6-8-13-12(2)16(22-15(11)13)17(21)18-10-5-3-4-9-14(19)20/h6-8H,3-5,9-10H2,1-2H3,(H,18,21)(H,19,20). The van der Waals surface area contributed by atoms with Crippen molar-refractivity contribution in [3.05, 3.63) is 35.1 Å². The molecule has 0 bridgehead atoms. The van der Waals surface area contributed by atoms with E-state index in [-0.39, 0.29) is 12.3 Å². The van der Waals surface area contributed by atoms with Gasteiger partial charge in [0.25, 0.3) is 5.91 Å². The Morgan fingerprint density at radius 1 is 1.18 bits per heavy atom. The monoisotopic (exact) mass is 303 g/mol. The lowest BCUT2D eigenvalue weighted by Crippen LogP contribution is -2.24. The number of unbranched alkanes of at least 4 members (excludes halogenated alkanes) is 2. The molecular formula is C17H21NO4. The molecule has 1 amide bonds. The van der Waals surface area contributed by atoms with Gasteiger partial charge in [0.2, 0.25) is 0 Å². The molecule has 0 saturated carbocycles. The fourth-order valence-electron chi connectivity index (χ4n) is 2.46. The van der Waals surface area contributed by atoms with Gasteiger partial charge in [0.15, 0.2) is 5.76 Å². The van der Waals surface area contributed by atoms with E-state index in [4.69, 9.17) is 9.52 Å². The van der Waals surface area contributed by atoms with E-state index in [9.17, 15) is 9.59 Å². The number of fused-ring (bicyclic) bond motifs is 1. The molecule has 1 heterocycles. The number of nitrogens with one attached hydrogen (secondary N) is 1. The van der Waals surface area contributed by atoms with Crippen molar-refractivity contribution in [2.45, 2.75) is 39.5 Å². The molecule has 1 aromatic heterocycles. The lowest BCUT2D eigenvalue weighted by atomic mass is 10.1. The van der Waals surface area contributed by atoms with Crippen molar-refractivity contribution in [3.8, 4) is 0 Å². The van der Waals surface area contributed by atoms with E-state index < -0.39 is 5.97 Å². The topological polar surface area (TPSA) is 79.5 Å². The highest BCUT2D eigenvalue weighted by atomic mass is 16.4. The summed E-state index contributed by atoms with van der Waals surface area (Å²) in [5.74, 6) is -0.640. The number of amides is 1. The van der Waals surface area contributed by atoms with Gasteiger partial charge in [0, 0.05) is 23.9 Å². The van der Waals surface area contributed by atoms with Gasteiger partial charge < -0.3 is 14.8 Å². The molecule has 0 unspecified atom stereocenters. The number of rotatable bonds is 7. The molecule has 0 aliphatic rings. The molecule has 0 spiro atoms. The average molecular weight is 303 g/mol. The number of carbonyl (C=O) groups is 2. The summed E-state index contributed by atoms with van der Waals surface area (Å²) in [6.07, 6.45) is 2.35. The predicted molar refractivity (Wildman–Crippen MR) is 84.1 cm³/mol. The number of carbonyl (C=O) groups excluding carboxylic acids is 1. The average Bonchev–Trinajstić information content (AvgIpc) is 2.81. The molecule has 2 aromatic rings. The van der Waals surface area contributed by atoms with Gasteiger partial charge >= 0.3 is 5.97 Å². The fraction of sp³-hybridized carbons (Fsp3) is 0.412. The number of aliphatic carboxylic acids is 1. The quantitative estimate of drug-likeness (QED) is 0.768. The first-order chi connectivity index (χ1) is 10.5. The second kappa shape index (κ2) is 7.11. The molecule has 0 radical (unpaired) electrons. The largest absolute Gasteiger partial charge is 0.481 e. The second-order valence-corrected chi connectivity index (χ2v) is 5.47. The molecule has 5 nitrogen and oxygen atoms in total. The number of carboxylic acid groups (broad SMARTS) is 1. The van der Waals surface area contributed by atoms with Gasteiger partial charge in [-0.05, 0) is 32.3 Å². The molecule has 0 atom stereocenters. The number of para-hydroxylation sites is 1. The van der Waals surface area contributed by atoms with Crippen molar-refractivity contribution in [3.63, 3.8) is 0 Å². The first kappa shape index (κ1) is 16.1. The zero-order valence-electron chi connectivity index (χ0n) is 12.9. The SMILES string of the molecule is Cc1c(C(=O)NCCCCCC(=O)O)oc2c(C)cccc12. The van der Waals surface area contributed by atoms with Crippen molar-refractivity contribution in [2.75, 3.05) is 6.54 Å². The van der Waals surface area contributed by atoms with E-state index in [1.54, 1.807) is 0 Å². The summed E-state index contributed by atoms with van der Waals surface area (Å²) in [6.45, 7) is 4.36. The van der Waals surface area contributed by atoms with Crippen molar-refractivity contribution in [1.82, 2.24) is 5.32 Å². The number of aryl methyl sites for hydroxylation is 2. The Kier molecular flexibility index (Phi) is 5.20. The van der Waals surface area contributed by atoms with Crippen molar-refractivity contribution >= 4 is 22.8 Å². The Morgan fingerprint density at radius 3 is 2.64 bits per heavy atom. The van der Waals surface area contributed by atoms with Crippen LogP contribution >= 0.6 is 0 Å². The molecule has 2 N–H and O–H groups in total. The Balaban J connectivity index is 1.92. The summed E-state index contributed by atoms with van der Waals surface area (Å²) in [4.78, 5) is 22.6. The van der Waals surface area contributed by atoms with Crippen molar-refractivity contribution in [2.24, 2.45) is 0 Å². The third kappa shape index (κ3) is 3.67. The van der Waals surface area contributed by atoms with Gasteiger partial charge in [-0.15, -0.1) is 0 Å². The number of hydrogen-bond acceptors (Lipinski definition) is 3. The summed E-state index contributed by atoms with van der Waals surface area (Å²) in [5, 5.41) is 12.3. The van der Waals surface area contributed by atoms with E-state index in [1.807, 2.05) is 32.0 Å². The highest BCUT2D eigenvalue weighted by molar-refractivity contribution is 5.99. The molecule has 118 valence electrons. The van der Waals surface area contributed by atoms with E-state index in [0.717, 1.165) is 34.9 Å². The molecule has 0 aliphatic heterocycles. The van der Waals surface area contributed by atoms with Crippen molar-refractivity contribution < 1.29 is 19.1 Å². The van der Waals surface area contributed by atoms with Gasteiger partial charge in [-0.3, -0.25) is 9.59 Å². The summed E-state index contributed by atoms with van der Waals surface area (Å²) < 4.78 is 5.71. The summed E-state index contributed by atoms with van der Waals surface area (Å²) in [6, 6.07) is 5.85. The first-order valence-electron chi connectivity index (χ1n) is 7.49. The molecule has 5 heteroatoms. The van der Waals surface area contributed by atoms with Crippen LogP contribution in [0.15, 0.2) is 22.6 Å². The minimum absolute atomic E-state index is 0.176. The molecule has 1 aromatic carbocycles. The van der Waals surface area contributed by atoms with Gasteiger partial charge in [-0.25, -0.2) is 0 Å². The van der Waals surface area contributed by atoms with Gasteiger partial charge in [-0.1, -0.05) is 24.6 Å². The van der Waals surface area contributed by atoms with Crippen LogP contribution in [0.5, 0.6) is 0 Å². The normalized spacial score (nSPS) is 10.8. The first-order valence-corrected chi connectivity index (χ1v) is 7.49. The Labute approximate surface area is 129 Å². The number of hydrogen-bond donors (Lipinski definition) is 2. The number of benzene rings is 1. The second-order valence-electron chi connectivity index (χ2n) is 5.47. The zero-order valence-corrected chi connectivity index (χ0v) is 12.9. The summed E-state index contributed by atoms with van der Waals surface area (Å²) in [7, 11) is 0. The van der Waals surface area contributed by atoms with E-state index >= 15 is 0 Å². The Bertz CT molecular complexity index is 687. The highest BCUT2D eigenvalue weighted by Crippen LogP contribution is 2.27.